The Bertz CT molecular complexity index is 225. The Morgan fingerprint density at radius 1 is 0.833 bits per heavy atom. The van der Waals surface area contributed by atoms with Crippen molar-refractivity contribution < 1.29 is 0 Å². The Morgan fingerprint density at radius 2 is 1.08 bits per heavy atom. The van der Waals surface area contributed by atoms with Gasteiger partial charge in [-0.2, -0.15) is 0 Å². The molecule has 0 unspecified atom stereocenters. The summed E-state index contributed by atoms with van der Waals surface area (Å²) in [5, 5.41) is 0. The first-order valence-electron chi connectivity index (χ1n) is 4.10. The highest BCUT2D eigenvalue weighted by Crippen LogP contribution is 2.47. The Balaban J connectivity index is 3.08. The second-order valence-electron chi connectivity index (χ2n) is 3.63. The molecule has 1 aliphatic carbocycles. The highest BCUT2D eigenvalue weighted by molar-refractivity contribution is 9.12. The van der Waals surface area contributed by atoms with E-state index >= 15 is 0 Å². The second kappa shape index (κ2) is 3.67. The molecule has 0 aromatic heterocycles. The van der Waals surface area contributed by atoms with E-state index in [-0.39, 0.29) is 0 Å². The summed E-state index contributed by atoms with van der Waals surface area (Å²) in [5.74, 6) is 0. The molecule has 12 heavy (non-hydrogen) atoms. The molecule has 2 heteroatoms. The molecule has 2 atom stereocenters. The van der Waals surface area contributed by atoms with Crippen molar-refractivity contribution in [2.45, 2.75) is 37.3 Å². The molecule has 1 rings (SSSR count). The molecule has 68 valence electrons. The summed E-state index contributed by atoms with van der Waals surface area (Å²) in [6.07, 6.45) is 0. The average Bonchev–Trinajstić information content (AvgIpc) is 1.96. The molecule has 0 aromatic carbocycles. The quantitative estimate of drug-likeness (QED) is 0.587. The van der Waals surface area contributed by atoms with Crippen LogP contribution in [0, 0.1) is 0 Å². The van der Waals surface area contributed by atoms with Crippen molar-refractivity contribution in [2.75, 3.05) is 0 Å². The number of hydrogen-bond acceptors (Lipinski definition) is 0. The molecule has 0 amide bonds. The Labute approximate surface area is 91.4 Å². The van der Waals surface area contributed by atoms with E-state index in [1.807, 2.05) is 0 Å². The fraction of sp³-hybridized carbons (Fsp3) is 0.600. The SMILES string of the molecule is CC(C)=C1C(=C(C)C)[C@@H](Br)[C@@H]1Br. The number of alkyl halides is 2. The lowest BCUT2D eigenvalue weighted by Crippen LogP contribution is -2.35. The largest absolute Gasteiger partial charge is 0.0823 e. The zero-order valence-electron chi connectivity index (χ0n) is 7.91. The third-order valence-corrected chi connectivity index (χ3v) is 4.86. The molecule has 1 aliphatic rings. The first-order valence-corrected chi connectivity index (χ1v) is 5.93. The van der Waals surface area contributed by atoms with Gasteiger partial charge in [0.2, 0.25) is 0 Å². The Hall–Kier alpha value is 0.440. The van der Waals surface area contributed by atoms with Crippen LogP contribution in [0.25, 0.3) is 0 Å². The standard InChI is InChI=1S/C10H14Br2/c1-5(2)7-8(6(3)4)10(12)9(7)11/h9-10H,1-4H3/t9-,10-/m1/s1. The van der Waals surface area contributed by atoms with Gasteiger partial charge in [0.15, 0.2) is 0 Å². The van der Waals surface area contributed by atoms with Crippen molar-refractivity contribution in [1.29, 1.82) is 0 Å². The monoisotopic (exact) mass is 292 g/mol. The molecule has 0 bridgehead atoms. The lowest BCUT2D eigenvalue weighted by Gasteiger charge is -2.38. The number of halogens is 2. The van der Waals surface area contributed by atoms with Gasteiger partial charge in [-0.05, 0) is 38.8 Å². The van der Waals surface area contributed by atoms with Gasteiger partial charge in [0, 0.05) is 0 Å². The maximum Gasteiger partial charge on any atom is 0.0563 e. The van der Waals surface area contributed by atoms with E-state index in [1.54, 1.807) is 0 Å². The van der Waals surface area contributed by atoms with Gasteiger partial charge >= 0.3 is 0 Å². The molecule has 0 radical (unpaired) electrons. The molecule has 0 spiro atoms. The molecule has 0 heterocycles. The Morgan fingerprint density at radius 3 is 1.25 bits per heavy atom. The number of rotatable bonds is 0. The van der Waals surface area contributed by atoms with Gasteiger partial charge < -0.3 is 0 Å². The first-order chi connectivity index (χ1) is 5.46. The maximum atomic E-state index is 3.66. The zero-order valence-corrected chi connectivity index (χ0v) is 11.1. The fourth-order valence-electron chi connectivity index (χ4n) is 1.58. The number of hydrogen-bond donors (Lipinski definition) is 0. The predicted molar refractivity (Wildman–Crippen MR) is 62.2 cm³/mol. The summed E-state index contributed by atoms with van der Waals surface area (Å²) >= 11 is 7.32. The molecular weight excluding hydrogens is 280 g/mol. The van der Waals surface area contributed by atoms with Gasteiger partial charge in [-0.15, -0.1) is 0 Å². The highest BCUT2D eigenvalue weighted by Gasteiger charge is 2.38. The van der Waals surface area contributed by atoms with Crippen LogP contribution in [0.3, 0.4) is 0 Å². The van der Waals surface area contributed by atoms with Crippen molar-refractivity contribution in [2.24, 2.45) is 0 Å². The van der Waals surface area contributed by atoms with Crippen LogP contribution in [-0.2, 0) is 0 Å². The van der Waals surface area contributed by atoms with Crippen molar-refractivity contribution in [3.05, 3.63) is 22.3 Å². The maximum absolute atomic E-state index is 3.66. The number of allylic oxidation sites excluding steroid dienone is 4. The predicted octanol–water partition coefficient (Wildman–Crippen LogP) is 4.20. The van der Waals surface area contributed by atoms with Gasteiger partial charge in [0.05, 0.1) is 9.65 Å². The minimum absolute atomic E-state index is 0.507. The van der Waals surface area contributed by atoms with E-state index in [2.05, 4.69) is 59.6 Å². The second-order valence-corrected chi connectivity index (χ2v) is 5.60. The van der Waals surface area contributed by atoms with Crippen molar-refractivity contribution in [3.63, 3.8) is 0 Å². The average molecular weight is 294 g/mol. The summed E-state index contributed by atoms with van der Waals surface area (Å²) in [4.78, 5) is 1.01. The topological polar surface area (TPSA) is 0 Å². The van der Waals surface area contributed by atoms with Crippen LogP contribution in [0.5, 0.6) is 0 Å². The van der Waals surface area contributed by atoms with Gasteiger partial charge in [0.1, 0.15) is 0 Å². The summed E-state index contributed by atoms with van der Waals surface area (Å²) in [6, 6.07) is 0. The van der Waals surface area contributed by atoms with E-state index < -0.39 is 0 Å². The highest BCUT2D eigenvalue weighted by atomic mass is 79.9. The van der Waals surface area contributed by atoms with Crippen LogP contribution in [0.2, 0.25) is 0 Å². The Kier molecular flexibility index (Phi) is 3.21. The third kappa shape index (κ3) is 1.56. The third-order valence-electron chi connectivity index (χ3n) is 2.18. The summed E-state index contributed by atoms with van der Waals surface area (Å²) in [5.41, 5.74) is 5.81. The van der Waals surface area contributed by atoms with Crippen molar-refractivity contribution >= 4 is 31.9 Å². The lowest BCUT2D eigenvalue weighted by atomic mass is 9.80. The lowest BCUT2D eigenvalue weighted by molar-refractivity contribution is 0.851. The van der Waals surface area contributed by atoms with Crippen molar-refractivity contribution in [3.8, 4) is 0 Å². The molecule has 0 N–H and O–H groups in total. The summed E-state index contributed by atoms with van der Waals surface area (Å²) in [6.45, 7) is 8.69. The van der Waals surface area contributed by atoms with Crippen LogP contribution < -0.4 is 0 Å². The van der Waals surface area contributed by atoms with Crippen molar-refractivity contribution in [1.82, 2.24) is 0 Å². The molecule has 1 fully saturated rings. The molecule has 0 saturated heterocycles. The van der Waals surface area contributed by atoms with Crippen LogP contribution in [0.4, 0.5) is 0 Å². The molecule has 0 aliphatic heterocycles. The fourth-order valence-corrected chi connectivity index (χ4v) is 3.52. The van der Waals surface area contributed by atoms with Crippen LogP contribution in [-0.4, -0.2) is 9.65 Å². The minimum Gasteiger partial charge on any atom is -0.0823 e. The zero-order chi connectivity index (χ0) is 9.46. The van der Waals surface area contributed by atoms with Gasteiger partial charge in [-0.25, -0.2) is 0 Å². The van der Waals surface area contributed by atoms with E-state index in [4.69, 9.17) is 0 Å². The van der Waals surface area contributed by atoms with Crippen LogP contribution >= 0.6 is 31.9 Å². The van der Waals surface area contributed by atoms with Crippen LogP contribution in [0.1, 0.15) is 27.7 Å². The van der Waals surface area contributed by atoms with Crippen LogP contribution in [0.15, 0.2) is 22.3 Å². The molecule has 0 aromatic rings. The van der Waals surface area contributed by atoms with Gasteiger partial charge in [-0.3, -0.25) is 0 Å². The van der Waals surface area contributed by atoms with E-state index in [0.29, 0.717) is 9.65 Å². The van der Waals surface area contributed by atoms with Gasteiger partial charge in [-0.1, -0.05) is 43.0 Å². The molecule has 1 saturated carbocycles. The van der Waals surface area contributed by atoms with E-state index in [9.17, 15) is 0 Å². The van der Waals surface area contributed by atoms with E-state index in [1.165, 1.54) is 22.3 Å². The summed E-state index contributed by atoms with van der Waals surface area (Å²) in [7, 11) is 0. The minimum atomic E-state index is 0.507. The first kappa shape index (κ1) is 10.5. The van der Waals surface area contributed by atoms with E-state index in [0.717, 1.165) is 0 Å². The molecular formula is C10H14Br2. The molecule has 0 nitrogen and oxygen atoms in total. The smallest absolute Gasteiger partial charge is 0.0563 e. The summed E-state index contributed by atoms with van der Waals surface area (Å²) < 4.78 is 0. The normalized spacial score (nSPS) is 28.5. The van der Waals surface area contributed by atoms with Gasteiger partial charge in [0.25, 0.3) is 0 Å².